The molecule has 0 bridgehead atoms. The minimum Gasteiger partial charge on any atom is -0.353 e. The summed E-state index contributed by atoms with van der Waals surface area (Å²) in [5, 5.41) is 7.48. The van der Waals surface area contributed by atoms with Gasteiger partial charge in [-0.3, -0.25) is 9.69 Å². The molecule has 5 heteroatoms. The van der Waals surface area contributed by atoms with Crippen molar-refractivity contribution in [3.05, 3.63) is 34.9 Å². The van der Waals surface area contributed by atoms with Gasteiger partial charge in [0.05, 0.1) is 0 Å². The number of hydrogen-bond donors (Lipinski definition) is 2. The van der Waals surface area contributed by atoms with Crippen molar-refractivity contribution in [1.82, 2.24) is 15.5 Å². The predicted molar refractivity (Wildman–Crippen MR) is 98.1 cm³/mol. The number of benzene rings is 1. The van der Waals surface area contributed by atoms with Gasteiger partial charge in [-0.05, 0) is 56.8 Å². The van der Waals surface area contributed by atoms with Crippen LogP contribution in [0.5, 0.6) is 0 Å². The molecule has 2 heterocycles. The molecule has 0 aliphatic carbocycles. The fourth-order valence-corrected chi connectivity index (χ4v) is 3.90. The Labute approximate surface area is 149 Å². The Bertz CT molecular complexity index is 540. The van der Waals surface area contributed by atoms with Crippen LogP contribution in [0.25, 0.3) is 0 Å². The standard InChI is InChI=1S/C19H28ClN3O/c1-14-12-16(6-9-21-14)19(24)22-18-7-10-23(11-8-18)13-15-2-4-17(20)5-3-15/h2-5,14,16,18,21H,6-13H2,1H3,(H,22,24)/t14-,16-/m0/s1. The number of nitrogens with zero attached hydrogens (tertiary/aromatic N) is 1. The van der Waals surface area contributed by atoms with Crippen LogP contribution in [-0.2, 0) is 11.3 Å². The van der Waals surface area contributed by atoms with E-state index >= 15 is 0 Å². The molecular weight excluding hydrogens is 322 g/mol. The molecule has 4 nitrogen and oxygen atoms in total. The van der Waals surface area contributed by atoms with E-state index in [1.807, 2.05) is 12.1 Å². The van der Waals surface area contributed by atoms with Gasteiger partial charge in [0.25, 0.3) is 0 Å². The molecule has 1 aromatic carbocycles. The summed E-state index contributed by atoms with van der Waals surface area (Å²) in [5.41, 5.74) is 1.30. The quantitative estimate of drug-likeness (QED) is 0.878. The highest BCUT2D eigenvalue weighted by atomic mass is 35.5. The number of carbonyl (C=O) groups is 1. The summed E-state index contributed by atoms with van der Waals surface area (Å²) in [4.78, 5) is 14.9. The SMILES string of the molecule is C[C@H]1C[C@@H](C(=O)NC2CCN(Cc3ccc(Cl)cc3)CC2)CCN1. The molecule has 0 saturated carbocycles. The van der Waals surface area contributed by atoms with E-state index in [2.05, 4.69) is 34.6 Å². The van der Waals surface area contributed by atoms with Gasteiger partial charge in [-0.2, -0.15) is 0 Å². The van der Waals surface area contributed by atoms with E-state index in [0.29, 0.717) is 12.1 Å². The maximum absolute atomic E-state index is 12.5. The van der Waals surface area contributed by atoms with Gasteiger partial charge in [0, 0.05) is 42.7 Å². The molecule has 2 fully saturated rings. The first kappa shape index (κ1) is 17.7. The smallest absolute Gasteiger partial charge is 0.223 e. The third-order valence-electron chi connectivity index (χ3n) is 5.25. The molecule has 0 aromatic heterocycles. The maximum Gasteiger partial charge on any atom is 0.223 e. The number of carbonyl (C=O) groups excluding carboxylic acids is 1. The molecule has 0 spiro atoms. The van der Waals surface area contributed by atoms with Crippen LogP contribution < -0.4 is 10.6 Å². The minimum absolute atomic E-state index is 0.188. The lowest BCUT2D eigenvalue weighted by Crippen LogP contribution is -2.48. The zero-order chi connectivity index (χ0) is 16.9. The first-order chi connectivity index (χ1) is 11.6. The zero-order valence-electron chi connectivity index (χ0n) is 14.4. The first-order valence-electron chi connectivity index (χ1n) is 9.10. The van der Waals surface area contributed by atoms with Crippen molar-refractivity contribution in [2.75, 3.05) is 19.6 Å². The van der Waals surface area contributed by atoms with Gasteiger partial charge in [-0.1, -0.05) is 23.7 Å². The summed E-state index contributed by atoms with van der Waals surface area (Å²) in [6.45, 7) is 6.16. The average molecular weight is 350 g/mol. The van der Waals surface area contributed by atoms with E-state index in [-0.39, 0.29) is 11.8 Å². The van der Waals surface area contributed by atoms with E-state index in [0.717, 1.165) is 56.9 Å². The molecule has 132 valence electrons. The van der Waals surface area contributed by atoms with Gasteiger partial charge in [0.15, 0.2) is 0 Å². The van der Waals surface area contributed by atoms with Crippen LogP contribution in [-0.4, -0.2) is 42.5 Å². The average Bonchev–Trinajstić information content (AvgIpc) is 2.59. The molecule has 1 aromatic rings. The highest BCUT2D eigenvalue weighted by molar-refractivity contribution is 6.30. The van der Waals surface area contributed by atoms with Crippen molar-refractivity contribution in [2.24, 2.45) is 5.92 Å². The lowest BCUT2D eigenvalue weighted by atomic mass is 9.91. The molecule has 2 atom stereocenters. The first-order valence-corrected chi connectivity index (χ1v) is 9.48. The van der Waals surface area contributed by atoms with Crippen molar-refractivity contribution in [3.63, 3.8) is 0 Å². The number of likely N-dealkylation sites (tertiary alicyclic amines) is 1. The summed E-state index contributed by atoms with van der Waals surface area (Å²) in [6, 6.07) is 8.87. The molecular formula is C19H28ClN3O. The Hall–Kier alpha value is -1.10. The van der Waals surface area contributed by atoms with E-state index in [4.69, 9.17) is 11.6 Å². The van der Waals surface area contributed by atoms with Crippen molar-refractivity contribution < 1.29 is 4.79 Å². The highest BCUT2D eigenvalue weighted by Crippen LogP contribution is 2.19. The van der Waals surface area contributed by atoms with Gasteiger partial charge in [0.2, 0.25) is 5.91 Å². The fraction of sp³-hybridized carbons (Fsp3) is 0.632. The molecule has 2 N–H and O–H groups in total. The molecule has 3 rings (SSSR count). The highest BCUT2D eigenvalue weighted by Gasteiger charge is 2.27. The van der Waals surface area contributed by atoms with E-state index < -0.39 is 0 Å². The lowest BCUT2D eigenvalue weighted by Gasteiger charge is -2.34. The lowest BCUT2D eigenvalue weighted by molar-refractivity contribution is -0.127. The molecule has 24 heavy (non-hydrogen) atoms. The van der Waals surface area contributed by atoms with Crippen LogP contribution in [0.1, 0.15) is 38.2 Å². The van der Waals surface area contributed by atoms with Crippen molar-refractivity contribution >= 4 is 17.5 Å². The Balaban J connectivity index is 1.41. The molecule has 2 saturated heterocycles. The van der Waals surface area contributed by atoms with E-state index in [1.165, 1.54) is 5.56 Å². The third-order valence-corrected chi connectivity index (χ3v) is 5.50. The van der Waals surface area contributed by atoms with Gasteiger partial charge >= 0.3 is 0 Å². The van der Waals surface area contributed by atoms with E-state index in [9.17, 15) is 4.79 Å². The second kappa shape index (κ2) is 8.32. The Morgan fingerprint density at radius 2 is 1.96 bits per heavy atom. The fourth-order valence-electron chi connectivity index (χ4n) is 3.77. The second-order valence-corrected chi connectivity index (χ2v) is 7.70. The number of rotatable bonds is 4. The summed E-state index contributed by atoms with van der Waals surface area (Å²) >= 11 is 5.94. The van der Waals surface area contributed by atoms with Crippen LogP contribution >= 0.6 is 11.6 Å². The summed E-state index contributed by atoms with van der Waals surface area (Å²) < 4.78 is 0. The minimum atomic E-state index is 0.188. The van der Waals surface area contributed by atoms with Crippen molar-refractivity contribution in [2.45, 2.75) is 51.2 Å². The number of halogens is 1. The zero-order valence-corrected chi connectivity index (χ0v) is 15.2. The monoisotopic (exact) mass is 349 g/mol. The summed E-state index contributed by atoms with van der Waals surface area (Å²) in [7, 11) is 0. The summed E-state index contributed by atoms with van der Waals surface area (Å²) in [5.74, 6) is 0.452. The molecule has 0 radical (unpaired) electrons. The Morgan fingerprint density at radius 3 is 2.62 bits per heavy atom. The largest absolute Gasteiger partial charge is 0.353 e. The number of nitrogens with one attached hydrogen (secondary N) is 2. The summed E-state index contributed by atoms with van der Waals surface area (Å²) in [6.07, 6.45) is 4.01. The predicted octanol–water partition coefficient (Wildman–Crippen LogP) is 2.81. The van der Waals surface area contributed by atoms with Gasteiger partial charge in [-0.25, -0.2) is 0 Å². The van der Waals surface area contributed by atoms with Gasteiger partial charge in [0.1, 0.15) is 0 Å². The number of amides is 1. The van der Waals surface area contributed by atoms with Crippen LogP contribution in [0, 0.1) is 5.92 Å². The van der Waals surface area contributed by atoms with E-state index in [1.54, 1.807) is 0 Å². The van der Waals surface area contributed by atoms with Crippen molar-refractivity contribution in [3.8, 4) is 0 Å². The molecule has 2 aliphatic heterocycles. The van der Waals surface area contributed by atoms with Gasteiger partial charge in [-0.15, -0.1) is 0 Å². The molecule has 1 amide bonds. The van der Waals surface area contributed by atoms with Crippen molar-refractivity contribution in [1.29, 1.82) is 0 Å². The van der Waals surface area contributed by atoms with Crippen LogP contribution in [0.4, 0.5) is 0 Å². The molecule has 2 aliphatic rings. The van der Waals surface area contributed by atoms with Crippen LogP contribution in [0.3, 0.4) is 0 Å². The normalized spacial score (nSPS) is 26.2. The maximum atomic E-state index is 12.5. The number of hydrogen-bond acceptors (Lipinski definition) is 3. The Kier molecular flexibility index (Phi) is 6.14. The van der Waals surface area contributed by atoms with Gasteiger partial charge < -0.3 is 10.6 Å². The second-order valence-electron chi connectivity index (χ2n) is 7.26. The Morgan fingerprint density at radius 1 is 1.25 bits per heavy atom. The third kappa shape index (κ3) is 4.95. The number of piperidine rings is 2. The van der Waals surface area contributed by atoms with Crippen LogP contribution in [0.15, 0.2) is 24.3 Å². The topological polar surface area (TPSA) is 44.4 Å². The van der Waals surface area contributed by atoms with Crippen LogP contribution in [0.2, 0.25) is 5.02 Å². The molecule has 0 unspecified atom stereocenters.